The Kier molecular flexibility index (Phi) is 5.10. The van der Waals surface area contributed by atoms with Gasteiger partial charge in [0.1, 0.15) is 0 Å². The van der Waals surface area contributed by atoms with Gasteiger partial charge in [0.25, 0.3) is 0 Å². The van der Waals surface area contributed by atoms with Crippen LogP contribution in [-0.2, 0) is 0 Å². The maximum absolute atomic E-state index is 3.67. The molecule has 100 valence electrons. The molecular formula is C13H26N2S2. The van der Waals surface area contributed by atoms with Crippen molar-refractivity contribution in [3.05, 3.63) is 0 Å². The Labute approximate surface area is 115 Å². The van der Waals surface area contributed by atoms with Crippen LogP contribution in [0, 0.1) is 5.41 Å². The van der Waals surface area contributed by atoms with Gasteiger partial charge in [-0.2, -0.15) is 23.5 Å². The Morgan fingerprint density at radius 2 is 2.12 bits per heavy atom. The van der Waals surface area contributed by atoms with Gasteiger partial charge in [0.15, 0.2) is 0 Å². The highest BCUT2D eigenvalue weighted by Gasteiger charge is 2.30. The summed E-state index contributed by atoms with van der Waals surface area (Å²) in [6.45, 7) is 12.0. The first kappa shape index (κ1) is 14.0. The third kappa shape index (κ3) is 4.34. The van der Waals surface area contributed by atoms with E-state index >= 15 is 0 Å². The topological polar surface area (TPSA) is 15.3 Å². The van der Waals surface area contributed by atoms with E-state index in [1.807, 2.05) is 0 Å². The monoisotopic (exact) mass is 274 g/mol. The molecule has 0 bridgehead atoms. The molecule has 0 saturated carbocycles. The van der Waals surface area contributed by atoms with Crippen LogP contribution >= 0.6 is 23.5 Å². The summed E-state index contributed by atoms with van der Waals surface area (Å²) in [5, 5.41) is 4.54. The number of piperazine rings is 1. The molecule has 2 aliphatic rings. The summed E-state index contributed by atoms with van der Waals surface area (Å²) in [5.74, 6) is 4.06. The second-order valence-electron chi connectivity index (χ2n) is 6.20. The molecule has 0 aliphatic carbocycles. The Bertz CT molecular complexity index is 234. The molecule has 0 amide bonds. The van der Waals surface area contributed by atoms with E-state index in [2.05, 4.69) is 54.5 Å². The number of hydrogen-bond donors (Lipinski definition) is 1. The summed E-state index contributed by atoms with van der Waals surface area (Å²) in [7, 11) is 0. The Balaban J connectivity index is 1.80. The lowest BCUT2D eigenvalue weighted by atomic mass is 9.85. The Morgan fingerprint density at radius 3 is 2.76 bits per heavy atom. The second-order valence-corrected chi connectivity index (χ2v) is 8.76. The highest BCUT2D eigenvalue weighted by atomic mass is 32.2. The molecule has 0 aromatic rings. The van der Waals surface area contributed by atoms with Crippen molar-refractivity contribution in [2.75, 3.05) is 43.4 Å². The van der Waals surface area contributed by atoms with Gasteiger partial charge in [-0.1, -0.05) is 20.8 Å². The summed E-state index contributed by atoms with van der Waals surface area (Å²) >= 11 is 4.32. The molecule has 2 unspecified atom stereocenters. The lowest BCUT2D eigenvalue weighted by Gasteiger charge is -2.41. The van der Waals surface area contributed by atoms with Crippen LogP contribution in [0.5, 0.6) is 0 Å². The van der Waals surface area contributed by atoms with E-state index < -0.39 is 0 Å². The number of nitrogens with one attached hydrogen (secondary N) is 1. The molecule has 2 saturated heterocycles. The van der Waals surface area contributed by atoms with Gasteiger partial charge < -0.3 is 5.32 Å². The normalized spacial score (nSPS) is 32.6. The number of rotatable bonds is 2. The van der Waals surface area contributed by atoms with Gasteiger partial charge in [-0.3, -0.25) is 4.90 Å². The van der Waals surface area contributed by atoms with Crippen molar-refractivity contribution in [1.29, 1.82) is 0 Å². The number of hydrogen-bond acceptors (Lipinski definition) is 4. The minimum absolute atomic E-state index is 0.382. The summed E-state index contributed by atoms with van der Waals surface area (Å²) in [5.41, 5.74) is 0.382. The minimum atomic E-state index is 0.382. The fourth-order valence-corrected chi connectivity index (χ4v) is 5.20. The lowest BCUT2D eigenvalue weighted by molar-refractivity contribution is 0.136. The van der Waals surface area contributed by atoms with Crippen LogP contribution in [0.2, 0.25) is 0 Å². The lowest BCUT2D eigenvalue weighted by Crippen LogP contribution is -2.57. The predicted molar refractivity (Wildman–Crippen MR) is 81.3 cm³/mol. The fourth-order valence-electron chi connectivity index (χ4n) is 2.49. The molecule has 2 heterocycles. The van der Waals surface area contributed by atoms with Crippen LogP contribution in [0.1, 0.15) is 20.8 Å². The smallest absolute Gasteiger partial charge is 0.0265 e. The van der Waals surface area contributed by atoms with Crippen LogP contribution in [0.25, 0.3) is 0 Å². The first-order valence-electron chi connectivity index (χ1n) is 6.71. The van der Waals surface area contributed by atoms with Crippen LogP contribution in [0.15, 0.2) is 0 Å². The van der Waals surface area contributed by atoms with Gasteiger partial charge in [-0.25, -0.2) is 0 Å². The van der Waals surface area contributed by atoms with Gasteiger partial charge in [0.2, 0.25) is 0 Å². The highest BCUT2D eigenvalue weighted by Crippen LogP contribution is 2.26. The average Bonchev–Trinajstić information content (AvgIpc) is 2.29. The van der Waals surface area contributed by atoms with Crippen molar-refractivity contribution in [3.63, 3.8) is 0 Å². The first-order chi connectivity index (χ1) is 8.05. The second kappa shape index (κ2) is 6.18. The maximum Gasteiger partial charge on any atom is 0.0265 e. The van der Waals surface area contributed by atoms with Crippen LogP contribution in [-0.4, -0.2) is 59.6 Å². The van der Waals surface area contributed by atoms with E-state index in [0.29, 0.717) is 11.5 Å². The zero-order chi connectivity index (χ0) is 12.3. The molecule has 0 aromatic heterocycles. The fraction of sp³-hybridized carbons (Fsp3) is 1.00. The van der Waals surface area contributed by atoms with Crippen molar-refractivity contribution in [1.82, 2.24) is 10.2 Å². The standard InChI is InChI=1S/C13H26N2S2/c1-13(2,3)12-9-15(5-4-14-12)8-11-10-16-6-7-17-11/h11-12,14H,4-10H2,1-3H3. The van der Waals surface area contributed by atoms with E-state index in [4.69, 9.17) is 0 Å². The average molecular weight is 274 g/mol. The molecule has 4 heteroatoms. The van der Waals surface area contributed by atoms with Gasteiger partial charge >= 0.3 is 0 Å². The predicted octanol–water partition coefficient (Wildman–Crippen LogP) is 2.15. The Hall–Kier alpha value is 0.620. The molecule has 0 aromatic carbocycles. The first-order valence-corrected chi connectivity index (χ1v) is 8.91. The van der Waals surface area contributed by atoms with Gasteiger partial charge in [-0.15, -0.1) is 0 Å². The molecule has 17 heavy (non-hydrogen) atoms. The number of nitrogens with zero attached hydrogens (tertiary/aromatic N) is 1. The molecule has 0 spiro atoms. The van der Waals surface area contributed by atoms with Crippen molar-refractivity contribution < 1.29 is 0 Å². The van der Waals surface area contributed by atoms with Crippen LogP contribution < -0.4 is 5.32 Å². The largest absolute Gasteiger partial charge is 0.311 e. The molecule has 0 radical (unpaired) electrons. The SMILES string of the molecule is CC(C)(C)C1CN(CC2CSCCS2)CCN1. The van der Waals surface area contributed by atoms with Crippen LogP contribution in [0.4, 0.5) is 0 Å². The summed E-state index contributed by atoms with van der Waals surface area (Å²) in [6, 6.07) is 0.650. The minimum Gasteiger partial charge on any atom is -0.311 e. The zero-order valence-electron chi connectivity index (χ0n) is 11.4. The van der Waals surface area contributed by atoms with Crippen molar-refractivity contribution in [3.8, 4) is 0 Å². The van der Waals surface area contributed by atoms with Gasteiger partial charge in [-0.05, 0) is 5.41 Å². The molecule has 2 atom stereocenters. The number of thioether (sulfide) groups is 2. The van der Waals surface area contributed by atoms with Crippen molar-refractivity contribution >= 4 is 23.5 Å². The highest BCUT2D eigenvalue weighted by molar-refractivity contribution is 8.06. The molecule has 1 N–H and O–H groups in total. The zero-order valence-corrected chi connectivity index (χ0v) is 13.0. The third-order valence-electron chi connectivity index (χ3n) is 3.65. The van der Waals surface area contributed by atoms with Gasteiger partial charge in [0.05, 0.1) is 0 Å². The summed E-state index contributed by atoms with van der Waals surface area (Å²) < 4.78 is 0. The Morgan fingerprint density at radius 1 is 1.29 bits per heavy atom. The molecule has 2 aliphatic heterocycles. The third-order valence-corrected chi connectivity index (χ3v) is 6.48. The molecule has 2 fully saturated rings. The summed E-state index contributed by atoms with van der Waals surface area (Å²) in [4.78, 5) is 2.68. The van der Waals surface area contributed by atoms with Crippen LogP contribution in [0.3, 0.4) is 0 Å². The quantitative estimate of drug-likeness (QED) is 0.829. The molecular weight excluding hydrogens is 248 g/mol. The van der Waals surface area contributed by atoms with Crippen molar-refractivity contribution in [2.45, 2.75) is 32.1 Å². The van der Waals surface area contributed by atoms with Gasteiger partial charge in [0, 0.05) is 54.7 Å². The van der Waals surface area contributed by atoms with E-state index in [-0.39, 0.29) is 0 Å². The molecule has 2 rings (SSSR count). The van der Waals surface area contributed by atoms with E-state index in [9.17, 15) is 0 Å². The maximum atomic E-state index is 3.67. The van der Waals surface area contributed by atoms with E-state index in [1.54, 1.807) is 0 Å². The van der Waals surface area contributed by atoms with E-state index in [0.717, 1.165) is 11.8 Å². The van der Waals surface area contributed by atoms with E-state index in [1.165, 1.54) is 36.9 Å². The molecule has 2 nitrogen and oxygen atoms in total. The van der Waals surface area contributed by atoms with Crippen molar-refractivity contribution in [2.24, 2.45) is 5.41 Å². The summed E-state index contributed by atoms with van der Waals surface area (Å²) in [6.07, 6.45) is 0.